The van der Waals surface area contributed by atoms with E-state index in [2.05, 4.69) is 43.4 Å². The van der Waals surface area contributed by atoms with Crippen LogP contribution in [0.1, 0.15) is 44.2 Å². The number of aryl methyl sites for hydroxylation is 2. The van der Waals surface area contributed by atoms with E-state index in [0.717, 1.165) is 5.75 Å². The van der Waals surface area contributed by atoms with Crippen molar-refractivity contribution in [2.45, 2.75) is 62.4 Å². The van der Waals surface area contributed by atoms with Crippen molar-refractivity contribution in [3.8, 4) is 6.07 Å². The van der Waals surface area contributed by atoms with Crippen molar-refractivity contribution in [3.05, 3.63) is 29.3 Å². The fraction of sp³-hybridized carbons (Fsp3) is 0.611. The first kappa shape index (κ1) is 14.9. The van der Waals surface area contributed by atoms with Gasteiger partial charge in [-0.15, -0.1) is 11.8 Å². The van der Waals surface area contributed by atoms with Gasteiger partial charge < -0.3 is 0 Å². The van der Waals surface area contributed by atoms with E-state index in [1.807, 2.05) is 11.8 Å². The zero-order valence-electron chi connectivity index (χ0n) is 13.0. The van der Waals surface area contributed by atoms with Crippen LogP contribution in [0.15, 0.2) is 23.1 Å². The molecule has 2 aliphatic rings. The Kier molecular flexibility index (Phi) is 4.28. The number of rotatable bonds is 6. The van der Waals surface area contributed by atoms with Gasteiger partial charge in [0.15, 0.2) is 0 Å². The average molecular weight is 300 g/mol. The van der Waals surface area contributed by atoms with E-state index >= 15 is 0 Å². The van der Waals surface area contributed by atoms with Crippen molar-refractivity contribution in [1.82, 2.24) is 5.32 Å². The van der Waals surface area contributed by atoms with Gasteiger partial charge in [-0.3, -0.25) is 5.32 Å². The summed E-state index contributed by atoms with van der Waals surface area (Å²) in [6.07, 6.45) is 6.14. The monoisotopic (exact) mass is 300 g/mol. The number of benzene rings is 1. The van der Waals surface area contributed by atoms with Crippen LogP contribution in [0.2, 0.25) is 0 Å². The van der Waals surface area contributed by atoms with E-state index in [1.54, 1.807) is 0 Å². The Hall–Kier alpha value is -0.980. The van der Waals surface area contributed by atoms with Crippen molar-refractivity contribution in [2.24, 2.45) is 5.92 Å². The zero-order chi connectivity index (χ0) is 14.9. The van der Waals surface area contributed by atoms with Crippen LogP contribution in [-0.4, -0.2) is 17.3 Å². The van der Waals surface area contributed by atoms with E-state index in [1.165, 1.54) is 48.1 Å². The minimum Gasteiger partial charge on any atom is -0.296 e. The maximum absolute atomic E-state index is 9.74. The minimum absolute atomic E-state index is 0.349. The molecule has 0 spiro atoms. The lowest BCUT2D eigenvalue weighted by Gasteiger charge is -2.30. The van der Waals surface area contributed by atoms with Crippen LogP contribution >= 0.6 is 11.8 Å². The molecule has 1 N–H and O–H groups in total. The highest BCUT2D eigenvalue weighted by Crippen LogP contribution is 2.42. The highest BCUT2D eigenvalue weighted by Gasteiger charge is 2.45. The van der Waals surface area contributed by atoms with E-state index in [-0.39, 0.29) is 5.54 Å². The van der Waals surface area contributed by atoms with Gasteiger partial charge in [-0.2, -0.15) is 5.26 Å². The second-order valence-corrected chi connectivity index (χ2v) is 7.78. The summed E-state index contributed by atoms with van der Waals surface area (Å²) in [6, 6.07) is 9.82. The van der Waals surface area contributed by atoms with Crippen LogP contribution in [0.5, 0.6) is 0 Å². The summed E-state index contributed by atoms with van der Waals surface area (Å²) >= 11 is 1.84. The summed E-state index contributed by atoms with van der Waals surface area (Å²) in [5, 5.41) is 13.3. The molecule has 3 heteroatoms. The topological polar surface area (TPSA) is 35.8 Å². The first-order valence-corrected chi connectivity index (χ1v) is 9.05. The van der Waals surface area contributed by atoms with Gasteiger partial charge >= 0.3 is 0 Å². The smallest absolute Gasteiger partial charge is 0.119 e. The molecular formula is C18H24N2S. The molecular weight excluding hydrogens is 276 g/mol. The molecule has 1 atom stereocenters. The van der Waals surface area contributed by atoms with Crippen molar-refractivity contribution in [2.75, 3.05) is 5.75 Å². The van der Waals surface area contributed by atoms with Crippen molar-refractivity contribution < 1.29 is 0 Å². The highest BCUT2D eigenvalue weighted by molar-refractivity contribution is 7.99. The molecule has 1 aromatic rings. The molecule has 1 aromatic carbocycles. The van der Waals surface area contributed by atoms with Crippen LogP contribution in [0.4, 0.5) is 0 Å². The number of nitrogens with zero attached hydrogens (tertiary/aromatic N) is 1. The molecule has 3 rings (SSSR count). The molecule has 2 aliphatic carbocycles. The molecule has 1 fully saturated rings. The van der Waals surface area contributed by atoms with Gasteiger partial charge in [0.25, 0.3) is 0 Å². The summed E-state index contributed by atoms with van der Waals surface area (Å²) in [4.78, 5) is 1.32. The van der Waals surface area contributed by atoms with Crippen LogP contribution in [0, 0.1) is 17.2 Å². The molecule has 0 aromatic heterocycles. The summed E-state index contributed by atoms with van der Waals surface area (Å²) < 4.78 is 0. The van der Waals surface area contributed by atoms with Gasteiger partial charge in [-0.25, -0.2) is 0 Å². The van der Waals surface area contributed by atoms with Gasteiger partial charge in [0.1, 0.15) is 5.54 Å². The third kappa shape index (κ3) is 3.27. The molecule has 0 heterocycles. The van der Waals surface area contributed by atoms with E-state index in [0.29, 0.717) is 12.0 Å². The lowest BCUT2D eigenvalue weighted by atomic mass is 9.96. The Balaban J connectivity index is 1.71. The predicted octanol–water partition coefficient (Wildman–Crippen LogP) is 3.94. The third-order valence-corrected chi connectivity index (χ3v) is 5.74. The number of nitriles is 1. The molecule has 1 unspecified atom stereocenters. The molecule has 0 amide bonds. The number of thioether (sulfide) groups is 1. The average Bonchev–Trinajstić information content (AvgIpc) is 3.22. The Morgan fingerprint density at radius 2 is 2.10 bits per heavy atom. The maximum Gasteiger partial charge on any atom is 0.119 e. The fourth-order valence-corrected chi connectivity index (χ4v) is 4.53. The molecule has 2 nitrogen and oxygen atoms in total. The van der Waals surface area contributed by atoms with E-state index in [9.17, 15) is 5.26 Å². The van der Waals surface area contributed by atoms with Crippen LogP contribution in [0.25, 0.3) is 0 Å². The number of nitrogens with one attached hydrogen (secondary N) is 1. The van der Waals surface area contributed by atoms with Crippen LogP contribution < -0.4 is 5.32 Å². The number of hydrogen-bond donors (Lipinski definition) is 1. The number of hydrogen-bond acceptors (Lipinski definition) is 3. The maximum atomic E-state index is 9.74. The van der Waals surface area contributed by atoms with Crippen molar-refractivity contribution in [3.63, 3.8) is 0 Å². The van der Waals surface area contributed by atoms with Gasteiger partial charge in [-0.1, -0.05) is 6.07 Å². The van der Waals surface area contributed by atoms with Crippen molar-refractivity contribution >= 4 is 11.8 Å². The number of fused-ring (bicyclic) bond motifs is 1. The Morgan fingerprint density at radius 1 is 1.33 bits per heavy atom. The Morgan fingerprint density at radius 3 is 2.76 bits per heavy atom. The van der Waals surface area contributed by atoms with Crippen LogP contribution in [0.3, 0.4) is 0 Å². The van der Waals surface area contributed by atoms with Gasteiger partial charge in [-0.05, 0) is 75.1 Å². The Labute approximate surface area is 132 Å². The van der Waals surface area contributed by atoms with Gasteiger partial charge in [0.2, 0.25) is 0 Å². The second kappa shape index (κ2) is 6.02. The summed E-state index contributed by atoms with van der Waals surface area (Å²) in [5.74, 6) is 1.39. The lowest BCUT2D eigenvalue weighted by molar-refractivity contribution is 0.370. The summed E-state index contributed by atoms with van der Waals surface area (Å²) in [7, 11) is 0. The molecule has 1 saturated carbocycles. The summed E-state index contributed by atoms with van der Waals surface area (Å²) in [5.41, 5.74) is 2.69. The SMILES string of the molecule is CC(C)NC(C#N)(CSc1ccc2c(c1)CCC2)C1CC1. The quantitative estimate of drug-likeness (QED) is 0.808. The largest absolute Gasteiger partial charge is 0.296 e. The fourth-order valence-electron chi connectivity index (χ4n) is 3.36. The van der Waals surface area contributed by atoms with E-state index in [4.69, 9.17) is 0 Å². The molecule has 0 aliphatic heterocycles. The molecule has 21 heavy (non-hydrogen) atoms. The van der Waals surface area contributed by atoms with Crippen molar-refractivity contribution in [1.29, 1.82) is 5.26 Å². The standard InChI is InChI=1S/C18H24N2S/c1-13(2)20-18(11-19,16-7-8-16)12-21-17-9-6-14-4-3-5-15(14)10-17/h6,9-10,13,16,20H,3-5,7-8,12H2,1-2H3. The Bertz CT molecular complexity index is 557. The minimum atomic E-state index is -0.349. The zero-order valence-corrected chi connectivity index (χ0v) is 13.8. The normalized spacial score (nSPS) is 20.1. The highest BCUT2D eigenvalue weighted by atomic mass is 32.2. The van der Waals surface area contributed by atoms with Crippen LogP contribution in [-0.2, 0) is 12.8 Å². The second-order valence-electron chi connectivity index (χ2n) is 6.73. The van der Waals surface area contributed by atoms with E-state index < -0.39 is 0 Å². The lowest BCUT2D eigenvalue weighted by Crippen LogP contribution is -2.51. The molecule has 0 saturated heterocycles. The molecule has 0 bridgehead atoms. The third-order valence-electron chi connectivity index (χ3n) is 4.56. The first-order valence-electron chi connectivity index (χ1n) is 8.06. The molecule has 0 radical (unpaired) electrons. The summed E-state index contributed by atoms with van der Waals surface area (Å²) in [6.45, 7) is 4.27. The van der Waals surface area contributed by atoms with Gasteiger partial charge in [0.05, 0.1) is 6.07 Å². The van der Waals surface area contributed by atoms with Gasteiger partial charge in [0, 0.05) is 16.7 Å². The molecule has 112 valence electrons. The first-order chi connectivity index (χ1) is 10.1. The predicted molar refractivity (Wildman–Crippen MR) is 88.5 cm³/mol.